The van der Waals surface area contributed by atoms with Crippen LogP contribution in [0.3, 0.4) is 0 Å². The summed E-state index contributed by atoms with van der Waals surface area (Å²) in [5.74, 6) is -0.879. The fourth-order valence-corrected chi connectivity index (χ4v) is 2.84. The van der Waals surface area contributed by atoms with E-state index in [1.54, 1.807) is 30.3 Å². The molecule has 0 aromatic heterocycles. The summed E-state index contributed by atoms with van der Waals surface area (Å²) >= 11 is 0. The van der Waals surface area contributed by atoms with Crippen LogP contribution in [0.4, 0.5) is 0 Å². The number of hydrogen-bond acceptors (Lipinski definition) is 3. The van der Waals surface area contributed by atoms with Crippen LogP contribution in [0.2, 0.25) is 0 Å². The summed E-state index contributed by atoms with van der Waals surface area (Å²) in [7, 11) is 0. The van der Waals surface area contributed by atoms with E-state index in [0.29, 0.717) is 11.2 Å². The van der Waals surface area contributed by atoms with Crippen LogP contribution in [0, 0.1) is 0 Å². The zero-order chi connectivity index (χ0) is 14.3. The summed E-state index contributed by atoms with van der Waals surface area (Å²) in [5.41, 5.74) is 0.626. The van der Waals surface area contributed by atoms with E-state index in [4.69, 9.17) is 9.84 Å². The molecule has 0 atom stereocenters. The largest absolute Gasteiger partial charge is 0.478 e. The lowest BCUT2D eigenvalue weighted by Gasteiger charge is -2.40. The fraction of sp³-hybridized carbons (Fsp3) is 0.562. The maximum absolute atomic E-state index is 10.2. The smallest absolute Gasteiger partial charge is 0.335 e. The zero-order valence-electron chi connectivity index (χ0n) is 11.8. The van der Waals surface area contributed by atoms with E-state index in [1.807, 2.05) is 0 Å². The molecule has 2 N–H and O–H groups in total. The SMILES string of the molecule is C1CCC2(CC1)CCNCO2.O=C(O)c1ccccc1. The first-order valence-corrected chi connectivity index (χ1v) is 7.35. The Bertz CT molecular complexity index is 387. The van der Waals surface area contributed by atoms with Crippen molar-refractivity contribution in [2.75, 3.05) is 13.3 Å². The van der Waals surface area contributed by atoms with Crippen molar-refractivity contribution in [3.63, 3.8) is 0 Å². The van der Waals surface area contributed by atoms with Gasteiger partial charge in [-0.3, -0.25) is 5.32 Å². The number of benzene rings is 1. The number of aromatic carboxylic acids is 1. The second-order valence-electron chi connectivity index (χ2n) is 5.45. The molecule has 1 aromatic rings. The highest BCUT2D eigenvalue weighted by atomic mass is 16.5. The molecule has 1 aliphatic heterocycles. The van der Waals surface area contributed by atoms with Crippen molar-refractivity contribution < 1.29 is 14.6 Å². The highest BCUT2D eigenvalue weighted by Gasteiger charge is 2.34. The van der Waals surface area contributed by atoms with Gasteiger partial charge in [-0.05, 0) is 37.9 Å². The van der Waals surface area contributed by atoms with Crippen molar-refractivity contribution >= 4 is 5.97 Å². The molecule has 2 aliphatic rings. The second-order valence-corrected chi connectivity index (χ2v) is 5.45. The van der Waals surface area contributed by atoms with Crippen LogP contribution in [0.5, 0.6) is 0 Å². The lowest BCUT2D eigenvalue weighted by atomic mass is 9.82. The van der Waals surface area contributed by atoms with Crippen LogP contribution in [-0.2, 0) is 4.74 Å². The summed E-state index contributed by atoms with van der Waals surface area (Å²) in [5, 5.41) is 11.6. The molecule has 1 aliphatic carbocycles. The molecular formula is C16H23NO3. The van der Waals surface area contributed by atoms with E-state index < -0.39 is 5.97 Å². The second kappa shape index (κ2) is 7.41. The molecule has 0 unspecified atom stereocenters. The number of carbonyl (C=O) groups is 1. The summed E-state index contributed by atoms with van der Waals surface area (Å²) in [6.45, 7) is 1.93. The summed E-state index contributed by atoms with van der Waals surface area (Å²) in [4.78, 5) is 10.2. The minimum absolute atomic E-state index is 0.295. The van der Waals surface area contributed by atoms with Crippen LogP contribution >= 0.6 is 0 Å². The first-order valence-electron chi connectivity index (χ1n) is 7.35. The van der Waals surface area contributed by atoms with Gasteiger partial charge < -0.3 is 9.84 Å². The molecule has 0 amide bonds. The minimum Gasteiger partial charge on any atom is -0.478 e. The van der Waals surface area contributed by atoms with Crippen molar-refractivity contribution in [1.82, 2.24) is 5.32 Å². The number of carboxylic acid groups (broad SMARTS) is 1. The zero-order valence-corrected chi connectivity index (χ0v) is 11.8. The van der Waals surface area contributed by atoms with Gasteiger partial charge in [-0.2, -0.15) is 0 Å². The molecule has 4 heteroatoms. The molecule has 1 aromatic carbocycles. The average Bonchev–Trinajstić information content (AvgIpc) is 2.50. The normalized spacial score (nSPS) is 20.8. The molecule has 3 rings (SSSR count). The van der Waals surface area contributed by atoms with E-state index in [0.717, 1.165) is 13.3 Å². The van der Waals surface area contributed by atoms with Gasteiger partial charge in [-0.25, -0.2) is 4.79 Å². The number of nitrogens with one attached hydrogen (secondary N) is 1. The molecule has 110 valence electrons. The summed E-state index contributed by atoms with van der Waals surface area (Å²) in [6.07, 6.45) is 7.99. The molecule has 1 spiro atoms. The lowest BCUT2D eigenvalue weighted by molar-refractivity contribution is -0.104. The maximum Gasteiger partial charge on any atom is 0.335 e. The topological polar surface area (TPSA) is 58.6 Å². The minimum atomic E-state index is -0.879. The Morgan fingerprint density at radius 3 is 2.30 bits per heavy atom. The van der Waals surface area contributed by atoms with Gasteiger partial charge in [-0.15, -0.1) is 0 Å². The van der Waals surface area contributed by atoms with E-state index >= 15 is 0 Å². The van der Waals surface area contributed by atoms with Crippen molar-refractivity contribution in [3.05, 3.63) is 35.9 Å². The van der Waals surface area contributed by atoms with E-state index in [9.17, 15) is 4.79 Å². The van der Waals surface area contributed by atoms with Gasteiger partial charge in [0.1, 0.15) is 0 Å². The predicted octanol–water partition coefficient (Wildman–Crippen LogP) is 3.04. The highest BCUT2D eigenvalue weighted by molar-refractivity contribution is 5.87. The highest BCUT2D eigenvalue weighted by Crippen LogP contribution is 2.35. The molecule has 20 heavy (non-hydrogen) atoms. The van der Waals surface area contributed by atoms with Crippen molar-refractivity contribution in [2.45, 2.75) is 44.1 Å². The van der Waals surface area contributed by atoms with Crippen molar-refractivity contribution in [1.29, 1.82) is 0 Å². The van der Waals surface area contributed by atoms with Crippen LogP contribution in [-0.4, -0.2) is 30.0 Å². The first kappa shape index (κ1) is 15.0. The Kier molecular flexibility index (Phi) is 5.56. The standard InChI is InChI=1S/C9H17NO.C7H6O2/c1-2-4-9(5-3-1)6-7-10-8-11-9;8-7(9)6-4-2-1-3-5-6/h10H,1-8H2;1-5H,(H,8,9). The average molecular weight is 277 g/mol. The monoisotopic (exact) mass is 277 g/mol. The molecule has 1 saturated heterocycles. The van der Waals surface area contributed by atoms with E-state index in [-0.39, 0.29) is 0 Å². The van der Waals surface area contributed by atoms with E-state index in [2.05, 4.69) is 5.32 Å². The Morgan fingerprint density at radius 1 is 1.10 bits per heavy atom. The van der Waals surface area contributed by atoms with Gasteiger partial charge in [0, 0.05) is 0 Å². The van der Waals surface area contributed by atoms with Gasteiger partial charge in [0.05, 0.1) is 17.9 Å². The van der Waals surface area contributed by atoms with Crippen LogP contribution < -0.4 is 5.32 Å². The van der Waals surface area contributed by atoms with Gasteiger partial charge in [0.25, 0.3) is 0 Å². The third kappa shape index (κ3) is 4.32. The molecule has 0 radical (unpaired) electrons. The van der Waals surface area contributed by atoms with Crippen LogP contribution in [0.1, 0.15) is 48.9 Å². The molecule has 1 heterocycles. The summed E-state index contributed by atoms with van der Waals surface area (Å²) in [6, 6.07) is 8.30. The van der Waals surface area contributed by atoms with Crippen LogP contribution in [0.25, 0.3) is 0 Å². The number of rotatable bonds is 1. The predicted molar refractivity (Wildman–Crippen MR) is 77.8 cm³/mol. The Labute approximate surface area is 120 Å². The van der Waals surface area contributed by atoms with E-state index in [1.165, 1.54) is 38.5 Å². The number of carboxylic acids is 1. The molecule has 4 nitrogen and oxygen atoms in total. The van der Waals surface area contributed by atoms with Crippen molar-refractivity contribution in [2.24, 2.45) is 0 Å². The third-order valence-corrected chi connectivity index (χ3v) is 4.02. The third-order valence-electron chi connectivity index (χ3n) is 4.02. The Balaban J connectivity index is 0.000000151. The lowest BCUT2D eigenvalue weighted by Crippen LogP contribution is -2.45. The molecule has 1 saturated carbocycles. The molecule has 0 bridgehead atoms. The Hall–Kier alpha value is -1.39. The molecular weight excluding hydrogens is 254 g/mol. The quantitative estimate of drug-likeness (QED) is 0.828. The van der Waals surface area contributed by atoms with Gasteiger partial charge in [-0.1, -0.05) is 37.5 Å². The van der Waals surface area contributed by atoms with Gasteiger partial charge >= 0.3 is 5.97 Å². The fourth-order valence-electron chi connectivity index (χ4n) is 2.84. The Morgan fingerprint density at radius 2 is 1.80 bits per heavy atom. The van der Waals surface area contributed by atoms with Gasteiger partial charge in [0.15, 0.2) is 0 Å². The number of ether oxygens (including phenoxy) is 1. The van der Waals surface area contributed by atoms with Crippen LogP contribution in [0.15, 0.2) is 30.3 Å². The maximum atomic E-state index is 10.2. The molecule has 2 fully saturated rings. The number of hydrogen-bond donors (Lipinski definition) is 2. The van der Waals surface area contributed by atoms with Gasteiger partial charge in [0.2, 0.25) is 0 Å². The van der Waals surface area contributed by atoms with Crippen molar-refractivity contribution in [3.8, 4) is 0 Å². The summed E-state index contributed by atoms with van der Waals surface area (Å²) < 4.78 is 5.80. The first-order chi connectivity index (χ1) is 9.72.